The van der Waals surface area contributed by atoms with Gasteiger partial charge in [0.25, 0.3) is 0 Å². The zero-order valence-corrected chi connectivity index (χ0v) is 10.6. The van der Waals surface area contributed by atoms with Crippen molar-refractivity contribution in [3.05, 3.63) is 12.4 Å². The van der Waals surface area contributed by atoms with E-state index < -0.39 is 0 Å². The molecule has 2 aliphatic rings. The molecule has 2 saturated carbocycles. The molecule has 2 aliphatic carbocycles. The van der Waals surface area contributed by atoms with Gasteiger partial charge in [-0.1, -0.05) is 12.8 Å². The van der Waals surface area contributed by atoms with Gasteiger partial charge in [-0.15, -0.1) is 0 Å². The number of nitriles is 1. The molecule has 2 fully saturated rings. The third-order valence-corrected chi connectivity index (χ3v) is 4.72. The largest absolute Gasteiger partial charge is 0.263 e. The van der Waals surface area contributed by atoms with E-state index in [1.807, 2.05) is 10.9 Å². The molecule has 1 aromatic heterocycles. The van der Waals surface area contributed by atoms with Gasteiger partial charge in [0.2, 0.25) is 0 Å². The number of nitrogens with zero attached hydrogens (tertiary/aromatic N) is 4. The maximum atomic E-state index is 9.10. The molecule has 1 spiro atoms. The quantitative estimate of drug-likeness (QED) is 0.764. The topological polar surface area (TPSA) is 54.0 Å². The van der Waals surface area contributed by atoms with Crippen LogP contribution in [0.25, 0.3) is 0 Å². The second kappa shape index (κ2) is 3.94. The molecule has 18 heavy (non-hydrogen) atoms. The third-order valence-electron chi connectivity index (χ3n) is 4.72. The van der Waals surface area contributed by atoms with Gasteiger partial charge in [0.1, 0.15) is 5.69 Å². The number of aliphatic imine (C=N–C) groups is 1. The fraction of sp³-hybridized carbons (Fsp3) is 0.643. The maximum absolute atomic E-state index is 9.10. The van der Waals surface area contributed by atoms with Gasteiger partial charge in [0.05, 0.1) is 30.4 Å². The molecule has 94 valence electrons. The zero-order valence-electron chi connectivity index (χ0n) is 10.6. The average molecular weight is 242 g/mol. The van der Waals surface area contributed by atoms with E-state index in [4.69, 9.17) is 5.26 Å². The normalized spacial score (nSPS) is 23.5. The lowest BCUT2D eigenvalue weighted by Gasteiger charge is -2.54. The zero-order chi connectivity index (χ0) is 12.6. The molecule has 0 radical (unpaired) electrons. The summed E-state index contributed by atoms with van der Waals surface area (Å²) >= 11 is 0. The molecular formula is C14H18N4. The van der Waals surface area contributed by atoms with Crippen LogP contribution >= 0.6 is 0 Å². The van der Waals surface area contributed by atoms with Crippen LogP contribution in [0.15, 0.2) is 17.4 Å². The summed E-state index contributed by atoms with van der Waals surface area (Å²) in [6, 6.07) is 2.34. The highest BCUT2D eigenvalue weighted by Gasteiger charge is 2.56. The van der Waals surface area contributed by atoms with Gasteiger partial charge < -0.3 is 0 Å². The fourth-order valence-electron chi connectivity index (χ4n) is 3.99. The molecule has 0 unspecified atom stereocenters. The second-order valence-electron chi connectivity index (χ2n) is 5.92. The van der Waals surface area contributed by atoms with Crippen molar-refractivity contribution in [3.8, 4) is 6.07 Å². The van der Waals surface area contributed by atoms with Crippen molar-refractivity contribution < 1.29 is 0 Å². The molecule has 0 amide bonds. The number of aromatic nitrogens is 2. The molecule has 0 N–H and O–H groups in total. The molecule has 0 aromatic carbocycles. The summed E-state index contributed by atoms with van der Waals surface area (Å²) in [6.45, 7) is 3.52. The standard InChI is InChI=1S/C14H18N4/c1-16-12-8-17-18(9-12)14(6-7-15)10-13(11-14)4-2-3-5-13/h8-9H,1-6,10-11H2. The van der Waals surface area contributed by atoms with E-state index >= 15 is 0 Å². The highest BCUT2D eigenvalue weighted by molar-refractivity contribution is 5.42. The lowest BCUT2D eigenvalue weighted by Crippen LogP contribution is -2.52. The summed E-state index contributed by atoms with van der Waals surface area (Å²) < 4.78 is 1.96. The molecular weight excluding hydrogens is 224 g/mol. The van der Waals surface area contributed by atoms with Crippen LogP contribution in [0.4, 0.5) is 5.69 Å². The van der Waals surface area contributed by atoms with Crippen molar-refractivity contribution in [2.45, 2.75) is 50.5 Å². The van der Waals surface area contributed by atoms with Gasteiger partial charge in [0, 0.05) is 0 Å². The highest BCUT2D eigenvalue weighted by Crippen LogP contribution is 2.62. The van der Waals surface area contributed by atoms with Gasteiger partial charge in [-0.2, -0.15) is 10.4 Å². The molecule has 1 aromatic rings. The first kappa shape index (κ1) is 11.5. The summed E-state index contributed by atoms with van der Waals surface area (Å²) in [7, 11) is 0. The molecule has 0 bridgehead atoms. The molecule has 0 saturated heterocycles. The smallest absolute Gasteiger partial charge is 0.100 e. The van der Waals surface area contributed by atoms with Crippen LogP contribution in [0.5, 0.6) is 0 Å². The molecule has 4 heteroatoms. The summed E-state index contributed by atoms with van der Waals surface area (Å²) in [4.78, 5) is 3.90. The van der Waals surface area contributed by atoms with E-state index in [1.165, 1.54) is 25.7 Å². The Morgan fingerprint density at radius 2 is 2.17 bits per heavy atom. The summed E-state index contributed by atoms with van der Waals surface area (Å²) in [5, 5.41) is 13.5. The maximum Gasteiger partial charge on any atom is 0.100 e. The third kappa shape index (κ3) is 1.58. The Morgan fingerprint density at radius 1 is 1.44 bits per heavy atom. The molecule has 0 atom stereocenters. The minimum atomic E-state index is -0.0813. The van der Waals surface area contributed by atoms with Crippen LogP contribution in [0.1, 0.15) is 44.9 Å². The minimum absolute atomic E-state index is 0.0813. The van der Waals surface area contributed by atoms with Gasteiger partial charge in [-0.05, 0) is 37.8 Å². The predicted octanol–water partition coefficient (Wildman–Crippen LogP) is 3.18. The van der Waals surface area contributed by atoms with Crippen molar-refractivity contribution in [2.24, 2.45) is 10.4 Å². The summed E-state index contributed by atoms with van der Waals surface area (Å²) in [5.41, 5.74) is 1.21. The van der Waals surface area contributed by atoms with Gasteiger partial charge in [-0.25, -0.2) is 0 Å². The van der Waals surface area contributed by atoms with Crippen LogP contribution in [-0.4, -0.2) is 16.5 Å². The highest BCUT2D eigenvalue weighted by atomic mass is 15.3. The summed E-state index contributed by atoms with van der Waals surface area (Å²) in [5.74, 6) is 0. The Kier molecular flexibility index (Phi) is 2.51. The molecule has 3 rings (SSSR count). The SMILES string of the molecule is C=Nc1cnn(C2(CC#N)CC3(CCCC3)C2)c1. The molecule has 4 nitrogen and oxygen atoms in total. The van der Waals surface area contributed by atoms with E-state index in [2.05, 4.69) is 22.9 Å². The van der Waals surface area contributed by atoms with Gasteiger partial charge in [-0.3, -0.25) is 9.67 Å². The Balaban J connectivity index is 1.85. The Hall–Kier alpha value is -1.63. The monoisotopic (exact) mass is 242 g/mol. The molecule has 1 heterocycles. The van der Waals surface area contributed by atoms with E-state index in [0.29, 0.717) is 11.8 Å². The van der Waals surface area contributed by atoms with Crippen LogP contribution < -0.4 is 0 Å². The van der Waals surface area contributed by atoms with Crippen molar-refractivity contribution >= 4 is 12.4 Å². The van der Waals surface area contributed by atoms with Crippen molar-refractivity contribution in [3.63, 3.8) is 0 Å². The minimum Gasteiger partial charge on any atom is -0.263 e. The first-order valence-electron chi connectivity index (χ1n) is 6.61. The lowest BCUT2D eigenvalue weighted by molar-refractivity contribution is -0.0299. The predicted molar refractivity (Wildman–Crippen MR) is 69.8 cm³/mol. The first-order valence-corrected chi connectivity index (χ1v) is 6.61. The van der Waals surface area contributed by atoms with Gasteiger partial charge >= 0.3 is 0 Å². The van der Waals surface area contributed by atoms with Crippen molar-refractivity contribution in [1.82, 2.24) is 9.78 Å². The fourth-order valence-corrected chi connectivity index (χ4v) is 3.99. The van der Waals surface area contributed by atoms with Crippen LogP contribution in [0.2, 0.25) is 0 Å². The van der Waals surface area contributed by atoms with E-state index in [-0.39, 0.29) is 5.54 Å². The van der Waals surface area contributed by atoms with Crippen molar-refractivity contribution in [1.29, 1.82) is 5.26 Å². The number of hydrogen-bond donors (Lipinski definition) is 0. The Morgan fingerprint density at radius 3 is 2.72 bits per heavy atom. The lowest BCUT2D eigenvalue weighted by atomic mass is 9.55. The van der Waals surface area contributed by atoms with Crippen LogP contribution in [-0.2, 0) is 5.54 Å². The Labute approximate surface area is 107 Å². The van der Waals surface area contributed by atoms with E-state index in [0.717, 1.165) is 18.5 Å². The van der Waals surface area contributed by atoms with E-state index in [1.54, 1.807) is 6.20 Å². The number of rotatable bonds is 3. The summed E-state index contributed by atoms with van der Waals surface area (Å²) in [6.07, 6.45) is 11.8. The van der Waals surface area contributed by atoms with Gasteiger partial charge in [0.15, 0.2) is 0 Å². The second-order valence-corrected chi connectivity index (χ2v) is 5.92. The van der Waals surface area contributed by atoms with Crippen LogP contribution in [0.3, 0.4) is 0 Å². The number of hydrogen-bond acceptors (Lipinski definition) is 3. The molecule has 0 aliphatic heterocycles. The Bertz CT molecular complexity index is 494. The average Bonchev–Trinajstić information content (AvgIpc) is 2.96. The van der Waals surface area contributed by atoms with Crippen molar-refractivity contribution in [2.75, 3.05) is 0 Å². The van der Waals surface area contributed by atoms with Crippen LogP contribution in [0, 0.1) is 16.7 Å². The van der Waals surface area contributed by atoms with E-state index in [9.17, 15) is 0 Å². The first-order chi connectivity index (χ1) is 8.72.